The minimum absolute atomic E-state index is 0.595. The van der Waals surface area contributed by atoms with Gasteiger partial charge in [-0.05, 0) is 25.9 Å². The molecule has 7 heteroatoms. The molecule has 1 aliphatic heterocycles. The maximum atomic E-state index is 4.54. The molecule has 1 aliphatic rings. The van der Waals surface area contributed by atoms with Crippen molar-refractivity contribution in [2.45, 2.75) is 25.8 Å². The number of aromatic nitrogens is 3. The van der Waals surface area contributed by atoms with Crippen molar-refractivity contribution in [2.24, 2.45) is 0 Å². The molecule has 0 amide bonds. The molecule has 0 spiro atoms. The maximum Gasteiger partial charge on any atom is 0.231 e. The van der Waals surface area contributed by atoms with E-state index in [0.29, 0.717) is 17.9 Å². The number of nitrogens with one attached hydrogen (secondary N) is 1. The topological polar surface area (TPSA) is 60.4 Å². The first-order valence-electron chi connectivity index (χ1n) is 7.61. The second-order valence-electron chi connectivity index (χ2n) is 5.71. The molecule has 1 fully saturated rings. The molecule has 0 saturated carbocycles. The summed E-state index contributed by atoms with van der Waals surface area (Å²) in [6.45, 7) is 5.50. The van der Waals surface area contributed by atoms with E-state index in [2.05, 4.69) is 44.0 Å². The number of nitrogens with zero attached hydrogens (tertiary/aromatic N) is 6. The molecular formula is C14H27N7. The van der Waals surface area contributed by atoms with Crippen molar-refractivity contribution in [1.29, 1.82) is 0 Å². The molecular weight excluding hydrogens is 266 g/mol. The standard InChI is InChI=1S/C14H27N7/c1-6-21-9-7-8-11(21)10-20(5)14-17-12(15-2)16-13(18-14)19(3)4/h11H,6-10H2,1-5H3,(H,15,16,17,18). The predicted octanol–water partition coefficient (Wildman–Crippen LogP) is 0.900. The van der Waals surface area contributed by atoms with Crippen molar-refractivity contribution >= 4 is 17.8 Å². The largest absolute Gasteiger partial charge is 0.357 e. The van der Waals surface area contributed by atoms with Crippen LogP contribution < -0.4 is 15.1 Å². The van der Waals surface area contributed by atoms with E-state index in [1.807, 2.05) is 26.0 Å². The molecule has 118 valence electrons. The Morgan fingerprint density at radius 2 is 1.90 bits per heavy atom. The summed E-state index contributed by atoms with van der Waals surface area (Å²) < 4.78 is 0. The van der Waals surface area contributed by atoms with Crippen LogP contribution in [0, 0.1) is 0 Å². The summed E-state index contributed by atoms with van der Waals surface area (Å²) in [4.78, 5) is 19.9. The Hall–Kier alpha value is -1.63. The third-order valence-electron chi connectivity index (χ3n) is 3.97. The van der Waals surface area contributed by atoms with E-state index in [4.69, 9.17) is 0 Å². The molecule has 1 unspecified atom stereocenters. The summed E-state index contributed by atoms with van der Waals surface area (Å²) in [5, 5.41) is 3.01. The zero-order chi connectivity index (χ0) is 15.4. The predicted molar refractivity (Wildman–Crippen MR) is 87.2 cm³/mol. The Morgan fingerprint density at radius 3 is 2.52 bits per heavy atom. The maximum absolute atomic E-state index is 4.54. The third kappa shape index (κ3) is 3.72. The van der Waals surface area contributed by atoms with Gasteiger partial charge in [-0.15, -0.1) is 0 Å². The van der Waals surface area contributed by atoms with Gasteiger partial charge in [0.25, 0.3) is 0 Å². The van der Waals surface area contributed by atoms with Gasteiger partial charge in [-0.25, -0.2) is 0 Å². The first kappa shape index (κ1) is 15.8. The molecule has 0 aliphatic carbocycles. The van der Waals surface area contributed by atoms with E-state index < -0.39 is 0 Å². The number of hydrogen-bond acceptors (Lipinski definition) is 7. The van der Waals surface area contributed by atoms with Crippen molar-refractivity contribution in [2.75, 3.05) is 62.9 Å². The second kappa shape index (κ2) is 6.89. The second-order valence-corrected chi connectivity index (χ2v) is 5.71. The van der Waals surface area contributed by atoms with Gasteiger partial charge in [0.2, 0.25) is 17.8 Å². The molecule has 1 atom stereocenters. The monoisotopic (exact) mass is 293 g/mol. The smallest absolute Gasteiger partial charge is 0.231 e. The van der Waals surface area contributed by atoms with Crippen LogP contribution in [0.4, 0.5) is 17.8 Å². The lowest BCUT2D eigenvalue weighted by molar-refractivity contribution is 0.270. The minimum Gasteiger partial charge on any atom is -0.357 e. The van der Waals surface area contributed by atoms with Crippen LogP contribution in [-0.4, -0.2) is 73.7 Å². The van der Waals surface area contributed by atoms with E-state index in [9.17, 15) is 0 Å². The molecule has 0 radical (unpaired) electrons. The van der Waals surface area contributed by atoms with Gasteiger partial charge >= 0.3 is 0 Å². The zero-order valence-corrected chi connectivity index (χ0v) is 13.8. The van der Waals surface area contributed by atoms with E-state index in [0.717, 1.165) is 19.0 Å². The van der Waals surface area contributed by atoms with E-state index in [-0.39, 0.29) is 0 Å². The lowest BCUT2D eigenvalue weighted by Gasteiger charge is -2.28. The van der Waals surface area contributed by atoms with Gasteiger partial charge in [-0.3, -0.25) is 4.90 Å². The van der Waals surface area contributed by atoms with Crippen molar-refractivity contribution < 1.29 is 0 Å². The zero-order valence-electron chi connectivity index (χ0n) is 13.8. The van der Waals surface area contributed by atoms with Crippen LogP contribution in [0.5, 0.6) is 0 Å². The molecule has 2 heterocycles. The fourth-order valence-electron chi connectivity index (χ4n) is 2.75. The summed E-state index contributed by atoms with van der Waals surface area (Å²) in [6.07, 6.45) is 2.54. The first-order valence-corrected chi connectivity index (χ1v) is 7.61. The van der Waals surface area contributed by atoms with Crippen molar-refractivity contribution in [3.8, 4) is 0 Å². The lowest BCUT2D eigenvalue weighted by atomic mass is 10.2. The first-order chi connectivity index (χ1) is 10.0. The molecule has 1 saturated heterocycles. The highest BCUT2D eigenvalue weighted by Gasteiger charge is 2.25. The normalized spacial score (nSPS) is 18.8. The van der Waals surface area contributed by atoms with Crippen LogP contribution in [0.1, 0.15) is 19.8 Å². The number of likely N-dealkylation sites (tertiary alicyclic amines) is 1. The molecule has 1 N–H and O–H groups in total. The quantitative estimate of drug-likeness (QED) is 0.836. The Kier molecular flexibility index (Phi) is 5.17. The van der Waals surface area contributed by atoms with Crippen LogP contribution in [0.2, 0.25) is 0 Å². The van der Waals surface area contributed by atoms with Crippen molar-refractivity contribution in [3.63, 3.8) is 0 Å². The van der Waals surface area contributed by atoms with Crippen molar-refractivity contribution in [1.82, 2.24) is 19.9 Å². The Morgan fingerprint density at radius 1 is 1.19 bits per heavy atom. The van der Waals surface area contributed by atoms with Gasteiger partial charge in [0.05, 0.1) is 0 Å². The third-order valence-corrected chi connectivity index (χ3v) is 3.97. The number of rotatable bonds is 6. The van der Waals surface area contributed by atoms with E-state index in [1.165, 1.54) is 19.4 Å². The summed E-state index contributed by atoms with van der Waals surface area (Å²) in [6, 6.07) is 0.595. The van der Waals surface area contributed by atoms with Gasteiger partial charge in [-0.2, -0.15) is 15.0 Å². The molecule has 7 nitrogen and oxygen atoms in total. The fourth-order valence-corrected chi connectivity index (χ4v) is 2.75. The summed E-state index contributed by atoms with van der Waals surface area (Å²) in [5.41, 5.74) is 0. The Bertz CT molecular complexity index is 463. The SMILES string of the molecule is CCN1CCCC1CN(C)c1nc(NC)nc(N(C)C)n1. The van der Waals surface area contributed by atoms with Gasteiger partial charge in [0.1, 0.15) is 0 Å². The highest BCUT2D eigenvalue weighted by atomic mass is 15.4. The lowest BCUT2D eigenvalue weighted by Crippen LogP contribution is -2.39. The summed E-state index contributed by atoms with van der Waals surface area (Å²) in [5.74, 6) is 2.00. The molecule has 0 aromatic carbocycles. The summed E-state index contributed by atoms with van der Waals surface area (Å²) >= 11 is 0. The Labute approximate surface area is 127 Å². The summed E-state index contributed by atoms with van der Waals surface area (Å²) in [7, 11) is 7.76. The van der Waals surface area contributed by atoms with Gasteiger partial charge in [0.15, 0.2) is 0 Å². The fraction of sp³-hybridized carbons (Fsp3) is 0.786. The highest BCUT2D eigenvalue weighted by Crippen LogP contribution is 2.20. The van der Waals surface area contributed by atoms with Gasteiger partial charge < -0.3 is 15.1 Å². The number of likely N-dealkylation sites (N-methyl/N-ethyl adjacent to an activating group) is 2. The molecule has 2 rings (SSSR count). The van der Waals surface area contributed by atoms with Crippen LogP contribution in [-0.2, 0) is 0 Å². The molecule has 1 aromatic rings. The van der Waals surface area contributed by atoms with E-state index >= 15 is 0 Å². The van der Waals surface area contributed by atoms with E-state index in [1.54, 1.807) is 0 Å². The molecule has 0 bridgehead atoms. The van der Waals surface area contributed by atoms with Crippen LogP contribution in [0.15, 0.2) is 0 Å². The molecule has 21 heavy (non-hydrogen) atoms. The number of hydrogen-bond donors (Lipinski definition) is 1. The van der Waals surface area contributed by atoms with Crippen LogP contribution in [0.3, 0.4) is 0 Å². The van der Waals surface area contributed by atoms with Gasteiger partial charge in [0, 0.05) is 40.8 Å². The van der Waals surface area contributed by atoms with Crippen molar-refractivity contribution in [3.05, 3.63) is 0 Å². The average molecular weight is 293 g/mol. The minimum atomic E-state index is 0.595. The number of anilines is 3. The highest BCUT2D eigenvalue weighted by molar-refractivity contribution is 5.43. The molecule has 1 aromatic heterocycles. The van der Waals surface area contributed by atoms with Crippen LogP contribution in [0.25, 0.3) is 0 Å². The van der Waals surface area contributed by atoms with Gasteiger partial charge in [-0.1, -0.05) is 6.92 Å². The van der Waals surface area contributed by atoms with Crippen LogP contribution >= 0.6 is 0 Å². The average Bonchev–Trinajstić information content (AvgIpc) is 2.93. The Balaban J connectivity index is 2.14.